The van der Waals surface area contributed by atoms with Crippen molar-refractivity contribution in [1.82, 2.24) is 9.97 Å². The normalized spacial score (nSPS) is 10.7. The predicted octanol–water partition coefficient (Wildman–Crippen LogP) is 2.79. The zero-order chi connectivity index (χ0) is 12.4. The van der Waals surface area contributed by atoms with E-state index in [1.165, 1.54) is 0 Å². The molecule has 3 heteroatoms. The van der Waals surface area contributed by atoms with Crippen molar-refractivity contribution in [1.29, 1.82) is 0 Å². The van der Waals surface area contributed by atoms with Crippen molar-refractivity contribution in [2.24, 2.45) is 0 Å². The van der Waals surface area contributed by atoms with Gasteiger partial charge < -0.3 is 5.11 Å². The van der Waals surface area contributed by atoms with E-state index in [2.05, 4.69) is 9.97 Å². The quantitative estimate of drug-likeness (QED) is 0.744. The minimum absolute atomic E-state index is 0.0210. The van der Waals surface area contributed by atoms with E-state index < -0.39 is 0 Å². The number of benzene rings is 2. The number of hydrogen-bond acceptors (Lipinski definition) is 3. The summed E-state index contributed by atoms with van der Waals surface area (Å²) in [6, 6.07) is 15.5. The lowest BCUT2D eigenvalue weighted by Gasteiger charge is -2.03. The summed E-state index contributed by atoms with van der Waals surface area (Å²) in [4.78, 5) is 8.97. The van der Waals surface area contributed by atoms with Gasteiger partial charge in [0.15, 0.2) is 0 Å². The van der Waals surface area contributed by atoms with Crippen molar-refractivity contribution >= 4 is 11.0 Å². The second kappa shape index (κ2) is 4.55. The first-order chi connectivity index (χ1) is 8.86. The molecule has 88 valence electrons. The predicted molar refractivity (Wildman–Crippen MR) is 70.9 cm³/mol. The number of fused-ring (bicyclic) bond motifs is 1. The van der Waals surface area contributed by atoms with Crippen LogP contribution in [-0.2, 0) is 6.61 Å². The lowest BCUT2D eigenvalue weighted by molar-refractivity contribution is 0.282. The molecule has 0 aliphatic heterocycles. The molecule has 1 aromatic heterocycles. The summed E-state index contributed by atoms with van der Waals surface area (Å²) < 4.78 is 0. The Hall–Kier alpha value is -2.26. The van der Waals surface area contributed by atoms with Crippen LogP contribution >= 0.6 is 0 Å². The third kappa shape index (κ3) is 1.96. The van der Waals surface area contributed by atoms with Crippen LogP contribution in [-0.4, -0.2) is 15.1 Å². The number of aromatic nitrogens is 2. The highest BCUT2D eigenvalue weighted by Crippen LogP contribution is 2.19. The molecule has 3 aromatic rings. The maximum Gasteiger partial charge on any atom is 0.0897 e. The van der Waals surface area contributed by atoms with Gasteiger partial charge in [0.2, 0.25) is 0 Å². The molecule has 0 saturated heterocycles. The van der Waals surface area contributed by atoms with Crippen LogP contribution < -0.4 is 0 Å². The van der Waals surface area contributed by atoms with Gasteiger partial charge in [-0.25, -0.2) is 4.98 Å². The Morgan fingerprint density at radius 3 is 2.56 bits per heavy atom. The van der Waals surface area contributed by atoms with Gasteiger partial charge in [0, 0.05) is 5.56 Å². The maximum absolute atomic E-state index is 9.14. The number of aliphatic hydroxyl groups excluding tert-OH is 1. The molecule has 0 atom stereocenters. The smallest absolute Gasteiger partial charge is 0.0897 e. The van der Waals surface area contributed by atoms with Crippen LogP contribution in [0.4, 0.5) is 0 Å². The first kappa shape index (κ1) is 10.9. The van der Waals surface area contributed by atoms with Crippen LogP contribution in [0.3, 0.4) is 0 Å². The fourth-order valence-electron chi connectivity index (χ4n) is 1.90. The SMILES string of the molecule is OCc1ccc2ncc(-c3ccccc3)nc2c1. The average Bonchev–Trinajstić information content (AvgIpc) is 2.47. The standard InChI is InChI=1S/C15H12N2O/c18-10-11-6-7-13-14(8-11)17-15(9-16-13)12-4-2-1-3-5-12/h1-9,18H,10H2. The van der Waals surface area contributed by atoms with Crippen molar-refractivity contribution in [3.8, 4) is 11.3 Å². The Labute approximate surface area is 105 Å². The molecule has 3 nitrogen and oxygen atoms in total. The van der Waals surface area contributed by atoms with E-state index in [-0.39, 0.29) is 6.61 Å². The Kier molecular flexibility index (Phi) is 2.74. The molecule has 0 amide bonds. The van der Waals surface area contributed by atoms with Crippen molar-refractivity contribution in [3.05, 3.63) is 60.3 Å². The molecule has 1 heterocycles. The second-order valence-electron chi connectivity index (χ2n) is 4.10. The molecular weight excluding hydrogens is 224 g/mol. The summed E-state index contributed by atoms with van der Waals surface area (Å²) in [7, 11) is 0. The highest BCUT2D eigenvalue weighted by atomic mass is 16.3. The first-order valence-electron chi connectivity index (χ1n) is 5.79. The topological polar surface area (TPSA) is 46.0 Å². The van der Waals surface area contributed by atoms with Crippen LogP contribution in [0.15, 0.2) is 54.7 Å². The van der Waals surface area contributed by atoms with E-state index in [1.54, 1.807) is 6.20 Å². The fourth-order valence-corrected chi connectivity index (χ4v) is 1.90. The Morgan fingerprint density at radius 1 is 0.944 bits per heavy atom. The Morgan fingerprint density at radius 2 is 1.78 bits per heavy atom. The Bertz CT molecular complexity index is 680. The zero-order valence-corrected chi connectivity index (χ0v) is 9.74. The highest BCUT2D eigenvalue weighted by molar-refractivity contribution is 5.77. The summed E-state index contributed by atoms with van der Waals surface area (Å²) in [6.45, 7) is 0.0210. The molecular formula is C15H12N2O. The molecule has 0 bridgehead atoms. The van der Waals surface area contributed by atoms with Gasteiger partial charge in [-0.05, 0) is 17.7 Å². The number of rotatable bonds is 2. The van der Waals surface area contributed by atoms with E-state index in [9.17, 15) is 0 Å². The third-order valence-corrected chi connectivity index (χ3v) is 2.86. The number of hydrogen-bond donors (Lipinski definition) is 1. The molecule has 0 spiro atoms. The van der Waals surface area contributed by atoms with Crippen LogP contribution in [0.5, 0.6) is 0 Å². The molecule has 2 aromatic carbocycles. The van der Waals surface area contributed by atoms with E-state index in [4.69, 9.17) is 5.11 Å². The van der Waals surface area contributed by atoms with Gasteiger partial charge in [0.25, 0.3) is 0 Å². The van der Waals surface area contributed by atoms with E-state index >= 15 is 0 Å². The molecule has 0 fully saturated rings. The lowest BCUT2D eigenvalue weighted by atomic mass is 10.1. The van der Waals surface area contributed by atoms with E-state index in [1.807, 2.05) is 48.5 Å². The minimum atomic E-state index is 0.0210. The van der Waals surface area contributed by atoms with Gasteiger partial charge in [-0.1, -0.05) is 36.4 Å². The molecule has 18 heavy (non-hydrogen) atoms. The van der Waals surface area contributed by atoms with Gasteiger partial charge >= 0.3 is 0 Å². The second-order valence-corrected chi connectivity index (χ2v) is 4.10. The largest absolute Gasteiger partial charge is 0.392 e. The summed E-state index contributed by atoms with van der Waals surface area (Å²) in [5, 5.41) is 9.14. The molecule has 0 aliphatic carbocycles. The summed E-state index contributed by atoms with van der Waals surface area (Å²) in [5.41, 5.74) is 4.39. The Balaban J connectivity index is 2.15. The van der Waals surface area contributed by atoms with Crippen molar-refractivity contribution in [2.75, 3.05) is 0 Å². The van der Waals surface area contributed by atoms with Gasteiger partial charge in [-0.3, -0.25) is 4.98 Å². The number of aliphatic hydroxyl groups is 1. The van der Waals surface area contributed by atoms with Crippen molar-refractivity contribution in [3.63, 3.8) is 0 Å². The zero-order valence-electron chi connectivity index (χ0n) is 9.74. The molecule has 0 aliphatic rings. The van der Waals surface area contributed by atoms with E-state index in [0.717, 1.165) is 27.9 Å². The third-order valence-electron chi connectivity index (χ3n) is 2.86. The van der Waals surface area contributed by atoms with Gasteiger partial charge in [0.1, 0.15) is 0 Å². The van der Waals surface area contributed by atoms with Crippen LogP contribution in [0.1, 0.15) is 5.56 Å². The lowest BCUT2D eigenvalue weighted by Crippen LogP contribution is -1.90. The molecule has 0 unspecified atom stereocenters. The van der Waals surface area contributed by atoms with Crippen molar-refractivity contribution in [2.45, 2.75) is 6.61 Å². The summed E-state index contributed by atoms with van der Waals surface area (Å²) in [6.07, 6.45) is 1.77. The van der Waals surface area contributed by atoms with Crippen LogP contribution in [0, 0.1) is 0 Å². The van der Waals surface area contributed by atoms with Gasteiger partial charge in [-0.2, -0.15) is 0 Å². The van der Waals surface area contributed by atoms with Crippen LogP contribution in [0.2, 0.25) is 0 Å². The maximum atomic E-state index is 9.14. The minimum Gasteiger partial charge on any atom is -0.392 e. The van der Waals surface area contributed by atoms with Crippen LogP contribution in [0.25, 0.3) is 22.3 Å². The van der Waals surface area contributed by atoms with E-state index in [0.29, 0.717) is 0 Å². The summed E-state index contributed by atoms with van der Waals surface area (Å²) in [5.74, 6) is 0. The highest BCUT2D eigenvalue weighted by Gasteiger charge is 2.02. The average molecular weight is 236 g/mol. The summed E-state index contributed by atoms with van der Waals surface area (Å²) >= 11 is 0. The molecule has 3 rings (SSSR count). The monoisotopic (exact) mass is 236 g/mol. The molecule has 0 radical (unpaired) electrons. The number of nitrogens with zero attached hydrogens (tertiary/aromatic N) is 2. The first-order valence-corrected chi connectivity index (χ1v) is 5.79. The van der Waals surface area contributed by atoms with Crippen molar-refractivity contribution < 1.29 is 5.11 Å². The fraction of sp³-hybridized carbons (Fsp3) is 0.0667. The van der Waals surface area contributed by atoms with Gasteiger partial charge in [0.05, 0.1) is 29.5 Å². The molecule has 0 saturated carbocycles. The van der Waals surface area contributed by atoms with Gasteiger partial charge in [-0.15, -0.1) is 0 Å². The molecule has 1 N–H and O–H groups in total.